The van der Waals surface area contributed by atoms with E-state index in [4.69, 9.17) is 0 Å². The number of hydrogen-bond donors (Lipinski definition) is 0. The van der Waals surface area contributed by atoms with Gasteiger partial charge in [-0.05, 0) is 63.1 Å². The van der Waals surface area contributed by atoms with Crippen LogP contribution >= 0.6 is 0 Å². The largest absolute Gasteiger partial charge is 0.369 e. The smallest absolute Gasteiger partial charge is 0.0401 e. The molecule has 0 amide bonds. The van der Waals surface area contributed by atoms with Crippen LogP contribution in [0.4, 0.5) is 0 Å². The second-order valence-electron chi connectivity index (χ2n) is 8.05. The Kier molecular flexibility index (Phi) is 7.61. The summed E-state index contributed by atoms with van der Waals surface area (Å²) in [6, 6.07) is 0. The van der Waals surface area contributed by atoms with E-state index >= 15 is 0 Å². The van der Waals surface area contributed by atoms with E-state index in [0.29, 0.717) is 5.92 Å². The molecule has 136 valence electrons. The molecule has 2 rings (SSSR count). The van der Waals surface area contributed by atoms with Crippen molar-refractivity contribution in [3.8, 4) is 0 Å². The molecule has 1 saturated carbocycles. The molecular formula is C22H38N2. The zero-order valence-electron chi connectivity index (χ0n) is 16.5. The maximum absolute atomic E-state index is 4.20. The van der Waals surface area contributed by atoms with E-state index in [-0.39, 0.29) is 0 Å². The Morgan fingerprint density at radius 2 is 1.67 bits per heavy atom. The lowest BCUT2D eigenvalue weighted by Gasteiger charge is -2.39. The Bertz CT molecular complexity index is 454. The Morgan fingerprint density at radius 1 is 1.04 bits per heavy atom. The molecular weight excluding hydrogens is 292 g/mol. The summed E-state index contributed by atoms with van der Waals surface area (Å²) in [5.41, 5.74) is 4.36. The molecule has 1 saturated heterocycles. The quantitative estimate of drug-likeness (QED) is 0.614. The molecule has 0 unspecified atom stereocenters. The van der Waals surface area contributed by atoms with E-state index < -0.39 is 0 Å². The van der Waals surface area contributed by atoms with Crippen LogP contribution in [0.3, 0.4) is 0 Å². The van der Waals surface area contributed by atoms with Crippen molar-refractivity contribution in [1.82, 2.24) is 9.80 Å². The first-order chi connectivity index (χ1) is 11.5. The maximum atomic E-state index is 4.20. The third-order valence-electron chi connectivity index (χ3n) is 5.65. The standard InChI is InChI=1S/C22H38N2/c1-6-12-23-13-15-24(16-14-23)22(17-18(3)4)21(7-2)20-10-8-19(5)9-11-20/h7,17,19-20H,2,6,8-16H2,1,3-5H3/b22-21-. The normalized spacial score (nSPS) is 26.8. The van der Waals surface area contributed by atoms with Crippen molar-refractivity contribution in [2.24, 2.45) is 11.8 Å². The third-order valence-corrected chi connectivity index (χ3v) is 5.65. The molecule has 0 aromatic rings. The second kappa shape index (κ2) is 9.46. The van der Waals surface area contributed by atoms with Gasteiger partial charge in [-0.15, -0.1) is 0 Å². The molecule has 2 fully saturated rings. The summed E-state index contributed by atoms with van der Waals surface area (Å²) in [5.74, 6) is 1.61. The SMILES string of the molecule is C=C/C(=C(\C=C(C)C)N1CCN(CCC)CC1)C1CCC(C)CC1. The number of rotatable bonds is 6. The van der Waals surface area contributed by atoms with Crippen molar-refractivity contribution in [3.63, 3.8) is 0 Å². The van der Waals surface area contributed by atoms with E-state index in [0.717, 1.165) is 19.0 Å². The van der Waals surface area contributed by atoms with Crippen molar-refractivity contribution in [3.05, 3.63) is 35.6 Å². The fourth-order valence-corrected chi connectivity index (χ4v) is 4.21. The summed E-state index contributed by atoms with van der Waals surface area (Å²) in [6.07, 6.45) is 11.2. The van der Waals surface area contributed by atoms with Crippen LogP contribution in [0.1, 0.15) is 59.8 Å². The van der Waals surface area contributed by atoms with Gasteiger partial charge in [0.2, 0.25) is 0 Å². The van der Waals surface area contributed by atoms with E-state index in [1.165, 1.54) is 68.6 Å². The van der Waals surface area contributed by atoms with Gasteiger partial charge >= 0.3 is 0 Å². The predicted molar refractivity (Wildman–Crippen MR) is 106 cm³/mol. The average molecular weight is 331 g/mol. The van der Waals surface area contributed by atoms with Crippen molar-refractivity contribution in [2.45, 2.75) is 59.8 Å². The Morgan fingerprint density at radius 3 is 2.17 bits per heavy atom. The van der Waals surface area contributed by atoms with Gasteiger partial charge in [-0.3, -0.25) is 4.90 Å². The lowest BCUT2D eigenvalue weighted by Crippen LogP contribution is -2.46. The lowest BCUT2D eigenvalue weighted by atomic mass is 9.78. The molecule has 2 nitrogen and oxygen atoms in total. The van der Waals surface area contributed by atoms with Gasteiger partial charge in [0.15, 0.2) is 0 Å². The molecule has 1 heterocycles. The minimum atomic E-state index is 0.706. The van der Waals surface area contributed by atoms with Crippen molar-refractivity contribution < 1.29 is 0 Å². The van der Waals surface area contributed by atoms with Crippen LogP contribution in [-0.2, 0) is 0 Å². The summed E-state index contributed by atoms with van der Waals surface area (Å²) < 4.78 is 0. The Hall–Kier alpha value is -1.02. The first-order valence-corrected chi connectivity index (χ1v) is 10.0. The van der Waals surface area contributed by atoms with Gasteiger partial charge in [0.1, 0.15) is 0 Å². The van der Waals surface area contributed by atoms with Gasteiger partial charge in [-0.2, -0.15) is 0 Å². The minimum absolute atomic E-state index is 0.706. The van der Waals surface area contributed by atoms with Crippen LogP contribution in [-0.4, -0.2) is 42.5 Å². The van der Waals surface area contributed by atoms with E-state index in [9.17, 15) is 0 Å². The zero-order valence-corrected chi connectivity index (χ0v) is 16.5. The minimum Gasteiger partial charge on any atom is -0.369 e. The van der Waals surface area contributed by atoms with Crippen molar-refractivity contribution >= 4 is 0 Å². The molecule has 0 bridgehead atoms. The van der Waals surface area contributed by atoms with Crippen LogP contribution in [0.25, 0.3) is 0 Å². The van der Waals surface area contributed by atoms with Gasteiger partial charge in [-0.1, -0.05) is 44.9 Å². The number of allylic oxidation sites excluding steroid dienone is 4. The van der Waals surface area contributed by atoms with Crippen LogP contribution < -0.4 is 0 Å². The molecule has 1 aliphatic heterocycles. The molecule has 0 atom stereocenters. The predicted octanol–water partition coefficient (Wildman–Crippen LogP) is 5.25. The Labute approximate surface area is 150 Å². The van der Waals surface area contributed by atoms with Crippen LogP contribution in [0.15, 0.2) is 35.6 Å². The molecule has 0 radical (unpaired) electrons. The summed E-state index contributed by atoms with van der Waals surface area (Å²) in [5, 5.41) is 0. The third kappa shape index (κ3) is 5.24. The molecule has 0 spiro atoms. The molecule has 24 heavy (non-hydrogen) atoms. The first kappa shape index (κ1) is 19.3. The average Bonchev–Trinajstić information content (AvgIpc) is 2.57. The summed E-state index contributed by atoms with van der Waals surface area (Å²) >= 11 is 0. The zero-order chi connectivity index (χ0) is 17.5. The van der Waals surface area contributed by atoms with E-state index in [2.05, 4.69) is 56.2 Å². The summed E-state index contributed by atoms with van der Waals surface area (Å²) in [7, 11) is 0. The number of piperazine rings is 1. The second-order valence-corrected chi connectivity index (χ2v) is 8.05. The fourth-order valence-electron chi connectivity index (χ4n) is 4.21. The highest BCUT2D eigenvalue weighted by atomic mass is 15.3. The lowest BCUT2D eigenvalue weighted by molar-refractivity contribution is 0.160. The van der Waals surface area contributed by atoms with E-state index in [1.54, 1.807) is 0 Å². The topological polar surface area (TPSA) is 6.48 Å². The highest BCUT2D eigenvalue weighted by Crippen LogP contribution is 2.36. The highest BCUT2D eigenvalue weighted by molar-refractivity contribution is 5.35. The van der Waals surface area contributed by atoms with Crippen LogP contribution in [0.2, 0.25) is 0 Å². The molecule has 1 aliphatic carbocycles. The number of hydrogen-bond acceptors (Lipinski definition) is 2. The maximum Gasteiger partial charge on any atom is 0.0401 e. The molecule has 2 heteroatoms. The summed E-state index contributed by atoms with van der Waals surface area (Å²) in [6.45, 7) is 19.2. The van der Waals surface area contributed by atoms with Gasteiger partial charge in [-0.25, -0.2) is 0 Å². The molecule has 0 aromatic carbocycles. The van der Waals surface area contributed by atoms with Crippen LogP contribution in [0, 0.1) is 11.8 Å². The Balaban J connectivity index is 2.19. The van der Waals surface area contributed by atoms with Gasteiger partial charge < -0.3 is 4.90 Å². The van der Waals surface area contributed by atoms with Gasteiger partial charge in [0.05, 0.1) is 0 Å². The molecule has 0 N–H and O–H groups in total. The molecule has 2 aliphatic rings. The fraction of sp³-hybridized carbons (Fsp3) is 0.727. The van der Waals surface area contributed by atoms with Gasteiger partial charge in [0, 0.05) is 31.9 Å². The number of nitrogens with zero attached hydrogens (tertiary/aromatic N) is 2. The van der Waals surface area contributed by atoms with Crippen LogP contribution in [0.5, 0.6) is 0 Å². The van der Waals surface area contributed by atoms with Crippen molar-refractivity contribution in [1.29, 1.82) is 0 Å². The first-order valence-electron chi connectivity index (χ1n) is 10.0. The molecule has 0 aromatic heterocycles. The van der Waals surface area contributed by atoms with Gasteiger partial charge in [0.25, 0.3) is 0 Å². The highest BCUT2D eigenvalue weighted by Gasteiger charge is 2.25. The van der Waals surface area contributed by atoms with E-state index in [1.807, 2.05) is 0 Å². The van der Waals surface area contributed by atoms with Crippen molar-refractivity contribution in [2.75, 3.05) is 32.7 Å². The monoisotopic (exact) mass is 330 g/mol. The summed E-state index contributed by atoms with van der Waals surface area (Å²) in [4.78, 5) is 5.22.